The molecule has 0 radical (unpaired) electrons. The third kappa shape index (κ3) is 5.00. The number of aromatic amines is 1. The highest BCUT2D eigenvalue weighted by Gasteiger charge is 2.33. The van der Waals surface area contributed by atoms with Crippen LogP contribution in [0, 0.1) is 6.92 Å². The molecule has 0 fully saturated rings. The van der Waals surface area contributed by atoms with Gasteiger partial charge in [0, 0.05) is 17.1 Å². The molecule has 0 aliphatic heterocycles. The maximum Gasteiger partial charge on any atom is 0.418 e. The SMILES string of the molecule is Cc1cc2[nH]c(=O)c(C(=O)O)cc2cc1-n1cnc(COC(=O)Nc2ccccc2C(F)(F)F)c1. The standard InChI is InChI=1S/C23H17F3N4O5/c1-12-6-18-13(7-15(21(32)33)20(31)28-18)8-19(12)30-9-14(27-11-30)10-35-22(34)29-17-5-3-2-4-16(17)23(24,25)26/h2-9,11H,10H2,1H3,(H,28,31)(H,29,34)(H,32,33). The molecule has 35 heavy (non-hydrogen) atoms. The van der Waals surface area contributed by atoms with Gasteiger partial charge in [0.05, 0.1) is 29.0 Å². The molecule has 0 saturated carbocycles. The lowest BCUT2D eigenvalue weighted by atomic mass is 10.1. The number of amides is 1. The van der Waals surface area contributed by atoms with Crippen molar-refractivity contribution in [1.82, 2.24) is 14.5 Å². The van der Waals surface area contributed by atoms with E-state index in [2.05, 4.69) is 15.3 Å². The number of aromatic nitrogens is 3. The van der Waals surface area contributed by atoms with Gasteiger partial charge in [-0.2, -0.15) is 13.2 Å². The van der Waals surface area contributed by atoms with E-state index in [9.17, 15) is 32.7 Å². The summed E-state index contributed by atoms with van der Waals surface area (Å²) < 4.78 is 45.8. The number of imidazole rings is 1. The number of benzene rings is 2. The second kappa shape index (κ2) is 8.97. The number of carbonyl (C=O) groups excluding carboxylic acids is 1. The van der Waals surface area contributed by atoms with Crippen LogP contribution >= 0.6 is 0 Å². The van der Waals surface area contributed by atoms with E-state index in [4.69, 9.17) is 4.74 Å². The number of nitrogens with one attached hydrogen (secondary N) is 2. The van der Waals surface area contributed by atoms with Gasteiger partial charge in [0.15, 0.2) is 0 Å². The van der Waals surface area contributed by atoms with Crippen molar-refractivity contribution in [1.29, 1.82) is 0 Å². The Labute approximate surface area is 194 Å². The molecule has 0 atom stereocenters. The third-order valence-electron chi connectivity index (χ3n) is 5.13. The van der Waals surface area contributed by atoms with Gasteiger partial charge in [-0.1, -0.05) is 12.1 Å². The first-order valence-corrected chi connectivity index (χ1v) is 10.1. The summed E-state index contributed by atoms with van der Waals surface area (Å²) in [4.78, 5) is 41.9. The zero-order valence-corrected chi connectivity index (χ0v) is 18.0. The highest BCUT2D eigenvalue weighted by atomic mass is 19.4. The fraction of sp³-hybridized carbons (Fsp3) is 0.130. The number of ether oxygens (including phenoxy) is 1. The van der Waals surface area contributed by atoms with Crippen LogP contribution in [0.5, 0.6) is 0 Å². The number of aromatic carboxylic acids is 1. The summed E-state index contributed by atoms with van der Waals surface area (Å²) in [5.41, 5.74) is -0.398. The van der Waals surface area contributed by atoms with Crippen molar-refractivity contribution in [3.8, 4) is 5.69 Å². The lowest BCUT2D eigenvalue weighted by Gasteiger charge is -2.13. The van der Waals surface area contributed by atoms with Gasteiger partial charge in [-0.3, -0.25) is 10.1 Å². The number of halogens is 3. The lowest BCUT2D eigenvalue weighted by molar-refractivity contribution is -0.136. The van der Waals surface area contributed by atoms with Crippen LogP contribution in [0.2, 0.25) is 0 Å². The molecule has 0 aliphatic rings. The molecule has 0 bridgehead atoms. The first-order chi connectivity index (χ1) is 16.5. The molecular formula is C23H17F3N4O5. The van der Waals surface area contributed by atoms with Crippen LogP contribution in [0.4, 0.5) is 23.7 Å². The minimum Gasteiger partial charge on any atom is -0.477 e. The average Bonchev–Trinajstić information content (AvgIpc) is 3.25. The molecule has 2 heterocycles. The molecule has 0 spiro atoms. The van der Waals surface area contributed by atoms with E-state index in [-0.39, 0.29) is 6.61 Å². The predicted octanol–water partition coefficient (Wildman–Crippen LogP) is 4.49. The molecule has 4 aromatic rings. The number of fused-ring (bicyclic) bond motifs is 1. The molecule has 9 nitrogen and oxygen atoms in total. The number of alkyl halides is 3. The number of para-hydroxylation sites is 1. The van der Waals surface area contributed by atoms with Crippen molar-refractivity contribution in [3.63, 3.8) is 0 Å². The van der Waals surface area contributed by atoms with Crippen molar-refractivity contribution in [3.05, 3.63) is 87.7 Å². The molecule has 180 valence electrons. The summed E-state index contributed by atoms with van der Waals surface area (Å²) in [7, 11) is 0. The number of carboxylic acid groups (broad SMARTS) is 1. The molecule has 1 amide bonds. The number of carboxylic acids is 1. The number of pyridine rings is 1. The molecule has 2 aromatic carbocycles. The zero-order chi connectivity index (χ0) is 25.3. The molecular weight excluding hydrogens is 469 g/mol. The quantitative estimate of drug-likeness (QED) is 0.382. The summed E-state index contributed by atoms with van der Waals surface area (Å²) in [6.45, 7) is 1.47. The van der Waals surface area contributed by atoms with Crippen LogP contribution in [0.15, 0.2) is 59.8 Å². The third-order valence-corrected chi connectivity index (χ3v) is 5.13. The van der Waals surface area contributed by atoms with Crippen molar-refractivity contribution in [2.75, 3.05) is 5.32 Å². The van der Waals surface area contributed by atoms with E-state index in [1.165, 1.54) is 24.5 Å². The van der Waals surface area contributed by atoms with Crippen LogP contribution in [0.1, 0.15) is 27.2 Å². The summed E-state index contributed by atoms with van der Waals surface area (Å²) in [6, 6.07) is 9.14. The van der Waals surface area contributed by atoms with Gasteiger partial charge in [-0.25, -0.2) is 14.6 Å². The van der Waals surface area contributed by atoms with Gasteiger partial charge in [0.2, 0.25) is 0 Å². The minimum absolute atomic E-state index is 0.309. The zero-order valence-electron chi connectivity index (χ0n) is 18.0. The number of aryl methyl sites for hydroxylation is 1. The number of hydrogen-bond donors (Lipinski definition) is 3. The number of anilines is 1. The first-order valence-electron chi connectivity index (χ1n) is 10.1. The Morgan fingerprint density at radius 2 is 1.94 bits per heavy atom. The van der Waals surface area contributed by atoms with E-state index >= 15 is 0 Å². The monoisotopic (exact) mass is 486 g/mol. The Kier molecular flexibility index (Phi) is 6.03. The number of nitrogens with zero attached hydrogens (tertiary/aromatic N) is 2. The molecule has 3 N–H and O–H groups in total. The molecule has 2 aromatic heterocycles. The van der Waals surface area contributed by atoms with Crippen molar-refractivity contribution >= 4 is 28.7 Å². The topological polar surface area (TPSA) is 126 Å². The minimum atomic E-state index is -4.64. The van der Waals surface area contributed by atoms with E-state index in [0.717, 1.165) is 17.7 Å². The number of rotatable bonds is 5. The second-order valence-corrected chi connectivity index (χ2v) is 7.56. The highest BCUT2D eigenvalue weighted by Crippen LogP contribution is 2.34. The van der Waals surface area contributed by atoms with E-state index in [0.29, 0.717) is 22.3 Å². The fourth-order valence-electron chi connectivity index (χ4n) is 3.48. The predicted molar refractivity (Wildman–Crippen MR) is 119 cm³/mol. The summed E-state index contributed by atoms with van der Waals surface area (Å²) in [5, 5.41) is 11.7. The number of H-pyrrole nitrogens is 1. The molecule has 4 rings (SSSR count). The number of carbonyl (C=O) groups is 2. The van der Waals surface area contributed by atoms with E-state index in [1.54, 1.807) is 29.8 Å². The highest BCUT2D eigenvalue weighted by molar-refractivity contribution is 5.93. The normalized spacial score (nSPS) is 11.4. The molecule has 0 saturated heterocycles. The van der Waals surface area contributed by atoms with Crippen molar-refractivity contribution < 1.29 is 32.6 Å². The summed E-state index contributed by atoms with van der Waals surface area (Å²) >= 11 is 0. The van der Waals surface area contributed by atoms with Gasteiger partial charge in [-0.05, 0) is 42.8 Å². The van der Waals surface area contributed by atoms with Gasteiger partial charge in [0.25, 0.3) is 5.56 Å². The van der Waals surface area contributed by atoms with E-state index < -0.39 is 40.6 Å². The maximum absolute atomic E-state index is 13.1. The molecule has 0 unspecified atom stereocenters. The van der Waals surface area contributed by atoms with Gasteiger partial charge >= 0.3 is 18.2 Å². The van der Waals surface area contributed by atoms with Gasteiger partial charge in [0.1, 0.15) is 12.2 Å². The average molecular weight is 486 g/mol. The van der Waals surface area contributed by atoms with E-state index in [1.807, 2.05) is 0 Å². The molecule has 12 heteroatoms. The van der Waals surface area contributed by atoms with Gasteiger partial charge < -0.3 is 19.4 Å². The lowest BCUT2D eigenvalue weighted by Crippen LogP contribution is -2.17. The largest absolute Gasteiger partial charge is 0.477 e. The van der Waals surface area contributed by atoms with Crippen molar-refractivity contribution in [2.24, 2.45) is 0 Å². The first kappa shape index (κ1) is 23.5. The van der Waals surface area contributed by atoms with Crippen LogP contribution in [0.25, 0.3) is 16.6 Å². The van der Waals surface area contributed by atoms with Gasteiger partial charge in [-0.15, -0.1) is 0 Å². The Bertz CT molecular complexity index is 1510. The second-order valence-electron chi connectivity index (χ2n) is 7.56. The van der Waals surface area contributed by atoms with Crippen LogP contribution in [0.3, 0.4) is 0 Å². The Hall–Kier alpha value is -4.61. The Morgan fingerprint density at radius 3 is 2.66 bits per heavy atom. The maximum atomic E-state index is 13.1. The Balaban J connectivity index is 1.50. The Morgan fingerprint density at radius 1 is 1.20 bits per heavy atom. The smallest absolute Gasteiger partial charge is 0.418 e. The van der Waals surface area contributed by atoms with Crippen molar-refractivity contribution in [2.45, 2.75) is 19.7 Å². The fourth-order valence-corrected chi connectivity index (χ4v) is 3.48. The summed E-state index contributed by atoms with van der Waals surface area (Å²) in [5.74, 6) is -1.35. The van der Waals surface area contributed by atoms with Crippen LogP contribution in [-0.2, 0) is 17.5 Å². The summed E-state index contributed by atoms with van der Waals surface area (Å²) in [6.07, 6.45) is -2.73. The number of hydrogen-bond acceptors (Lipinski definition) is 5. The van der Waals surface area contributed by atoms with Crippen LogP contribution in [-0.4, -0.2) is 31.7 Å². The van der Waals surface area contributed by atoms with Crippen LogP contribution < -0.4 is 10.9 Å². The molecule has 0 aliphatic carbocycles.